The number of thioether (sulfide) groups is 1. The number of ether oxygens (including phenoxy) is 1. The molecule has 0 aliphatic rings. The Hall–Kier alpha value is -0.220. The minimum absolute atomic E-state index is 0.733. The van der Waals surface area contributed by atoms with Crippen molar-refractivity contribution in [2.75, 3.05) is 26.0 Å². The fraction of sp³-hybridized carbons (Fsp3) is 0.600. The molecule has 0 heterocycles. The third-order valence-corrected chi connectivity index (χ3v) is 4.43. The Balaban J connectivity index is 2.56. The SMILES string of the molecule is COCCNCc1cccc(Cl)c1SCCC(C)C. The molecule has 1 N–H and O–H groups in total. The van der Waals surface area contributed by atoms with Gasteiger partial charge in [0.15, 0.2) is 0 Å². The topological polar surface area (TPSA) is 21.3 Å². The number of halogens is 1. The van der Waals surface area contributed by atoms with Gasteiger partial charge in [0.2, 0.25) is 0 Å². The molecule has 0 amide bonds. The van der Waals surface area contributed by atoms with Gasteiger partial charge in [-0.05, 0) is 29.7 Å². The van der Waals surface area contributed by atoms with Crippen molar-refractivity contribution >= 4 is 23.4 Å². The predicted octanol–water partition coefficient (Wildman–Crippen LogP) is 4.21. The van der Waals surface area contributed by atoms with Crippen LogP contribution < -0.4 is 5.32 Å². The van der Waals surface area contributed by atoms with Gasteiger partial charge in [0.1, 0.15) is 0 Å². The van der Waals surface area contributed by atoms with Gasteiger partial charge in [-0.15, -0.1) is 11.8 Å². The number of rotatable bonds is 9. The van der Waals surface area contributed by atoms with E-state index in [1.165, 1.54) is 16.9 Å². The van der Waals surface area contributed by atoms with Crippen LogP contribution in [0, 0.1) is 5.92 Å². The molecule has 0 aliphatic heterocycles. The lowest BCUT2D eigenvalue weighted by atomic mass is 10.2. The predicted molar refractivity (Wildman–Crippen MR) is 85.2 cm³/mol. The molecule has 2 nitrogen and oxygen atoms in total. The highest BCUT2D eigenvalue weighted by atomic mass is 35.5. The third kappa shape index (κ3) is 6.66. The van der Waals surface area contributed by atoms with Crippen molar-refractivity contribution in [2.45, 2.75) is 31.7 Å². The van der Waals surface area contributed by atoms with Crippen LogP contribution in [-0.2, 0) is 11.3 Å². The molecule has 19 heavy (non-hydrogen) atoms. The molecule has 108 valence electrons. The van der Waals surface area contributed by atoms with E-state index in [0.717, 1.165) is 36.4 Å². The lowest BCUT2D eigenvalue weighted by molar-refractivity contribution is 0.199. The van der Waals surface area contributed by atoms with Gasteiger partial charge >= 0.3 is 0 Å². The lowest BCUT2D eigenvalue weighted by Gasteiger charge is -2.12. The van der Waals surface area contributed by atoms with Crippen LogP contribution >= 0.6 is 23.4 Å². The largest absolute Gasteiger partial charge is 0.383 e. The van der Waals surface area contributed by atoms with E-state index in [1.807, 2.05) is 23.9 Å². The molecule has 4 heteroatoms. The third-order valence-electron chi connectivity index (χ3n) is 2.79. The molecule has 0 radical (unpaired) electrons. The van der Waals surface area contributed by atoms with Crippen molar-refractivity contribution in [3.05, 3.63) is 28.8 Å². The van der Waals surface area contributed by atoms with Gasteiger partial charge in [-0.1, -0.05) is 37.6 Å². The summed E-state index contributed by atoms with van der Waals surface area (Å²) in [5.74, 6) is 1.85. The summed E-state index contributed by atoms with van der Waals surface area (Å²) in [6.45, 7) is 6.93. The molecular weight excluding hydrogens is 278 g/mol. The van der Waals surface area contributed by atoms with Gasteiger partial charge in [0.25, 0.3) is 0 Å². The second-order valence-corrected chi connectivity index (χ2v) is 6.44. The molecule has 0 aliphatic carbocycles. The Bertz CT molecular complexity index is 371. The second kappa shape index (κ2) is 9.65. The lowest BCUT2D eigenvalue weighted by Crippen LogP contribution is -2.19. The van der Waals surface area contributed by atoms with Crippen molar-refractivity contribution < 1.29 is 4.74 Å². The fourth-order valence-corrected chi connectivity index (χ4v) is 3.33. The summed E-state index contributed by atoms with van der Waals surface area (Å²) in [7, 11) is 1.72. The maximum absolute atomic E-state index is 6.31. The summed E-state index contributed by atoms with van der Waals surface area (Å²) in [5.41, 5.74) is 1.28. The molecule has 1 aromatic rings. The minimum atomic E-state index is 0.733. The minimum Gasteiger partial charge on any atom is -0.383 e. The molecule has 0 bridgehead atoms. The van der Waals surface area contributed by atoms with Gasteiger partial charge in [0.05, 0.1) is 11.6 Å². The smallest absolute Gasteiger partial charge is 0.0587 e. The first kappa shape index (κ1) is 16.8. The molecule has 0 fully saturated rings. The summed E-state index contributed by atoms with van der Waals surface area (Å²) < 4.78 is 5.03. The van der Waals surface area contributed by atoms with Crippen LogP contribution in [-0.4, -0.2) is 26.0 Å². The highest BCUT2D eigenvalue weighted by Gasteiger charge is 2.07. The fourth-order valence-electron chi connectivity index (χ4n) is 1.65. The number of methoxy groups -OCH3 is 1. The molecule has 0 atom stereocenters. The zero-order valence-corrected chi connectivity index (χ0v) is 13.6. The van der Waals surface area contributed by atoms with Gasteiger partial charge < -0.3 is 10.1 Å². The van der Waals surface area contributed by atoms with Crippen molar-refractivity contribution in [1.29, 1.82) is 0 Å². The van der Waals surface area contributed by atoms with Gasteiger partial charge in [-0.2, -0.15) is 0 Å². The standard InChI is InChI=1S/C15H24ClNOS/c1-12(2)7-10-19-15-13(5-4-6-14(15)16)11-17-8-9-18-3/h4-6,12,17H,7-11H2,1-3H3. The molecule has 0 saturated heterocycles. The molecule has 0 saturated carbocycles. The maximum Gasteiger partial charge on any atom is 0.0587 e. The average Bonchev–Trinajstić information content (AvgIpc) is 2.37. The molecule has 0 aromatic heterocycles. The van der Waals surface area contributed by atoms with E-state index in [2.05, 4.69) is 25.2 Å². The summed E-state index contributed by atoms with van der Waals surface area (Å²) in [6.07, 6.45) is 1.21. The first-order valence-electron chi connectivity index (χ1n) is 6.75. The summed E-state index contributed by atoms with van der Waals surface area (Å²) in [4.78, 5) is 1.22. The average molecular weight is 302 g/mol. The highest BCUT2D eigenvalue weighted by molar-refractivity contribution is 7.99. The quantitative estimate of drug-likeness (QED) is 0.545. The van der Waals surface area contributed by atoms with Crippen LogP contribution in [0.25, 0.3) is 0 Å². The van der Waals surface area contributed by atoms with E-state index >= 15 is 0 Å². The highest BCUT2D eigenvalue weighted by Crippen LogP contribution is 2.31. The van der Waals surface area contributed by atoms with E-state index < -0.39 is 0 Å². The number of hydrogen-bond donors (Lipinski definition) is 1. The molecule has 1 rings (SSSR count). The van der Waals surface area contributed by atoms with Crippen molar-refractivity contribution in [2.24, 2.45) is 5.92 Å². The number of hydrogen-bond acceptors (Lipinski definition) is 3. The molecule has 1 aromatic carbocycles. The van der Waals surface area contributed by atoms with Crippen LogP contribution in [0.4, 0.5) is 0 Å². The van der Waals surface area contributed by atoms with Gasteiger partial charge in [-0.3, -0.25) is 0 Å². The second-order valence-electron chi connectivity index (χ2n) is 4.93. The molecule has 0 spiro atoms. The number of benzene rings is 1. The van der Waals surface area contributed by atoms with Crippen LogP contribution in [0.2, 0.25) is 5.02 Å². The molecule has 0 unspecified atom stereocenters. The number of nitrogens with one attached hydrogen (secondary N) is 1. The summed E-state index contributed by atoms with van der Waals surface area (Å²) in [5, 5.41) is 4.23. The first-order chi connectivity index (χ1) is 9.15. The van der Waals surface area contributed by atoms with E-state index in [1.54, 1.807) is 7.11 Å². The zero-order chi connectivity index (χ0) is 14.1. The van der Waals surface area contributed by atoms with Crippen molar-refractivity contribution in [1.82, 2.24) is 5.32 Å². The van der Waals surface area contributed by atoms with E-state index in [4.69, 9.17) is 16.3 Å². The Morgan fingerprint density at radius 3 is 2.84 bits per heavy atom. The molecular formula is C15H24ClNOS. The van der Waals surface area contributed by atoms with Crippen LogP contribution in [0.1, 0.15) is 25.8 Å². The van der Waals surface area contributed by atoms with E-state index in [9.17, 15) is 0 Å². The summed E-state index contributed by atoms with van der Waals surface area (Å²) >= 11 is 8.17. The van der Waals surface area contributed by atoms with Crippen LogP contribution in [0.3, 0.4) is 0 Å². The maximum atomic E-state index is 6.31. The van der Waals surface area contributed by atoms with E-state index in [0.29, 0.717) is 0 Å². The van der Waals surface area contributed by atoms with Gasteiger partial charge in [-0.25, -0.2) is 0 Å². The Kier molecular flexibility index (Phi) is 8.55. The Labute approximate surface area is 126 Å². The normalized spacial score (nSPS) is 11.2. The van der Waals surface area contributed by atoms with Crippen LogP contribution in [0.15, 0.2) is 23.1 Å². The first-order valence-corrected chi connectivity index (χ1v) is 8.11. The van der Waals surface area contributed by atoms with Gasteiger partial charge in [0, 0.05) is 25.1 Å². The Morgan fingerprint density at radius 2 is 2.16 bits per heavy atom. The zero-order valence-electron chi connectivity index (χ0n) is 12.0. The van der Waals surface area contributed by atoms with Crippen LogP contribution in [0.5, 0.6) is 0 Å². The van der Waals surface area contributed by atoms with Crippen molar-refractivity contribution in [3.63, 3.8) is 0 Å². The Morgan fingerprint density at radius 1 is 1.37 bits per heavy atom. The summed E-state index contributed by atoms with van der Waals surface area (Å²) in [6, 6.07) is 6.13. The van der Waals surface area contributed by atoms with Crippen molar-refractivity contribution in [3.8, 4) is 0 Å². The van der Waals surface area contributed by atoms with E-state index in [-0.39, 0.29) is 0 Å². The monoisotopic (exact) mass is 301 g/mol.